The molecule has 0 saturated heterocycles. The minimum Gasteiger partial charge on any atom is -0.393 e. The van der Waals surface area contributed by atoms with Gasteiger partial charge in [0.05, 0.1) is 16.7 Å². The second kappa shape index (κ2) is 7.92. The zero-order valence-electron chi connectivity index (χ0n) is 14.2. The van der Waals surface area contributed by atoms with Crippen molar-refractivity contribution >= 4 is 46.5 Å². The van der Waals surface area contributed by atoms with Gasteiger partial charge < -0.3 is 5.11 Å². The number of aliphatic hydroxyl groups is 1. The molecule has 0 saturated carbocycles. The molecule has 2 aromatic heterocycles. The van der Waals surface area contributed by atoms with E-state index in [9.17, 15) is 9.90 Å². The lowest BCUT2D eigenvalue weighted by Gasteiger charge is -2.07. The van der Waals surface area contributed by atoms with Gasteiger partial charge in [0.1, 0.15) is 6.33 Å². The van der Waals surface area contributed by atoms with E-state index in [2.05, 4.69) is 15.2 Å². The summed E-state index contributed by atoms with van der Waals surface area (Å²) in [7, 11) is 0. The number of halogens is 1. The van der Waals surface area contributed by atoms with Crippen molar-refractivity contribution in [2.24, 2.45) is 0 Å². The Morgan fingerprint density at radius 2 is 2.15 bits per heavy atom. The van der Waals surface area contributed by atoms with Crippen LogP contribution >= 0.6 is 46.5 Å². The number of nitrogens with zero attached hydrogens (tertiary/aromatic N) is 4. The van der Waals surface area contributed by atoms with E-state index in [-0.39, 0.29) is 10.8 Å². The number of hydrogen-bond donors (Lipinski definition) is 1. The molecule has 2 unspecified atom stereocenters. The third-order valence-electron chi connectivity index (χ3n) is 3.93. The molecule has 140 valence electrons. The van der Waals surface area contributed by atoms with Gasteiger partial charge in [0, 0.05) is 22.4 Å². The number of rotatable bonds is 5. The van der Waals surface area contributed by atoms with E-state index in [1.807, 2.05) is 24.3 Å². The topological polar surface area (TPSA) is 80.9 Å². The van der Waals surface area contributed by atoms with Crippen LogP contribution in [0.25, 0.3) is 5.13 Å². The van der Waals surface area contributed by atoms with Crippen LogP contribution in [-0.4, -0.2) is 36.7 Å². The standard InChI is InChI=1S/C17H15ClN4O2S3/c1-9(23)7-25-17-21-20-16(27-17)22-8-19-12-6-13(26-14(12)15(22)24)10-2-4-11(18)5-3-10/h2-5,8-9,13,23H,6-7H2,1H3. The number of thioether (sulfide) groups is 2. The molecule has 4 rings (SSSR count). The third-order valence-corrected chi connectivity index (χ3v) is 7.85. The molecule has 2 atom stereocenters. The first kappa shape index (κ1) is 18.9. The van der Waals surface area contributed by atoms with Crippen LogP contribution in [0.3, 0.4) is 0 Å². The maximum Gasteiger partial charge on any atom is 0.273 e. The summed E-state index contributed by atoms with van der Waals surface area (Å²) in [5.74, 6) is 0.532. The molecule has 0 spiro atoms. The summed E-state index contributed by atoms with van der Waals surface area (Å²) in [5, 5.41) is 18.9. The number of aromatic nitrogens is 4. The summed E-state index contributed by atoms with van der Waals surface area (Å²) >= 11 is 10.2. The van der Waals surface area contributed by atoms with Gasteiger partial charge in [0.25, 0.3) is 5.56 Å². The average Bonchev–Trinajstić information content (AvgIpc) is 3.28. The van der Waals surface area contributed by atoms with Crippen molar-refractivity contribution < 1.29 is 5.11 Å². The van der Waals surface area contributed by atoms with Gasteiger partial charge in [-0.25, -0.2) is 9.55 Å². The Hall–Kier alpha value is -1.39. The van der Waals surface area contributed by atoms with E-state index < -0.39 is 6.10 Å². The SMILES string of the molecule is CC(O)CSc1nnc(-n2cnc3c(c2=O)SC(c2ccc(Cl)cc2)C3)s1. The fourth-order valence-electron chi connectivity index (χ4n) is 2.64. The number of aliphatic hydroxyl groups excluding tert-OH is 1. The fraction of sp³-hybridized carbons (Fsp3) is 0.294. The maximum atomic E-state index is 12.9. The van der Waals surface area contributed by atoms with Crippen LogP contribution < -0.4 is 5.56 Å². The predicted molar refractivity (Wildman–Crippen MR) is 109 cm³/mol. The monoisotopic (exact) mass is 438 g/mol. The Morgan fingerprint density at radius 1 is 1.37 bits per heavy atom. The van der Waals surface area contributed by atoms with Crippen LogP contribution in [-0.2, 0) is 6.42 Å². The molecule has 10 heteroatoms. The summed E-state index contributed by atoms with van der Waals surface area (Å²) in [6.07, 6.45) is 1.81. The van der Waals surface area contributed by atoms with E-state index in [1.165, 1.54) is 45.8 Å². The highest BCUT2D eigenvalue weighted by molar-refractivity contribution is 8.01. The minimum absolute atomic E-state index is 0.121. The number of hydrogen-bond acceptors (Lipinski definition) is 8. The van der Waals surface area contributed by atoms with Crippen molar-refractivity contribution in [2.45, 2.75) is 33.9 Å². The summed E-state index contributed by atoms with van der Waals surface area (Å²) in [6.45, 7) is 1.72. The summed E-state index contributed by atoms with van der Waals surface area (Å²) in [5.41, 5.74) is 1.82. The van der Waals surface area contributed by atoms with Crippen molar-refractivity contribution in [3.05, 3.63) is 57.2 Å². The van der Waals surface area contributed by atoms with Gasteiger partial charge in [-0.05, 0) is 24.6 Å². The normalized spacial score (nSPS) is 17.1. The van der Waals surface area contributed by atoms with Gasteiger partial charge in [-0.15, -0.1) is 22.0 Å². The molecular weight excluding hydrogens is 424 g/mol. The van der Waals surface area contributed by atoms with Gasteiger partial charge in [-0.3, -0.25) is 4.79 Å². The van der Waals surface area contributed by atoms with Crippen molar-refractivity contribution in [3.8, 4) is 5.13 Å². The Labute approximate surface area is 173 Å². The van der Waals surface area contributed by atoms with E-state index >= 15 is 0 Å². The number of benzene rings is 1. The van der Waals surface area contributed by atoms with Crippen molar-refractivity contribution in [2.75, 3.05) is 5.75 Å². The van der Waals surface area contributed by atoms with Crippen molar-refractivity contribution in [3.63, 3.8) is 0 Å². The van der Waals surface area contributed by atoms with E-state index in [1.54, 1.807) is 6.92 Å². The molecule has 1 aliphatic rings. The first-order valence-corrected chi connectivity index (χ1v) is 11.2. The Morgan fingerprint density at radius 3 is 2.89 bits per heavy atom. The van der Waals surface area contributed by atoms with Gasteiger partial charge in [0.15, 0.2) is 4.34 Å². The Balaban J connectivity index is 1.58. The van der Waals surface area contributed by atoms with Gasteiger partial charge in [-0.1, -0.05) is 46.8 Å². The highest BCUT2D eigenvalue weighted by Gasteiger charge is 2.29. The molecule has 1 aromatic carbocycles. The maximum absolute atomic E-state index is 12.9. The predicted octanol–water partition coefficient (Wildman–Crippen LogP) is 3.60. The van der Waals surface area contributed by atoms with Crippen LogP contribution in [0.2, 0.25) is 5.02 Å². The highest BCUT2D eigenvalue weighted by Crippen LogP contribution is 2.44. The summed E-state index contributed by atoms with van der Waals surface area (Å²) in [4.78, 5) is 18.1. The molecule has 0 bridgehead atoms. The first-order chi connectivity index (χ1) is 13.0. The molecule has 3 aromatic rings. The molecule has 0 radical (unpaired) electrons. The molecule has 0 aliphatic carbocycles. The number of fused-ring (bicyclic) bond motifs is 1. The summed E-state index contributed by atoms with van der Waals surface area (Å²) in [6, 6.07) is 7.70. The largest absolute Gasteiger partial charge is 0.393 e. The van der Waals surface area contributed by atoms with Crippen LogP contribution in [0.15, 0.2) is 44.6 Å². The lowest BCUT2D eigenvalue weighted by atomic mass is 10.1. The minimum atomic E-state index is -0.423. The molecule has 6 nitrogen and oxygen atoms in total. The zero-order chi connectivity index (χ0) is 19.0. The molecule has 0 fully saturated rings. The van der Waals surface area contributed by atoms with E-state index in [0.717, 1.165) is 11.3 Å². The molecular formula is C17H15ClN4O2S3. The zero-order valence-corrected chi connectivity index (χ0v) is 17.4. The average molecular weight is 439 g/mol. The second-order valence-corrected chi connectivity index (χ2v) is 9.94. The Bertz CT molecular complexity index is 1020. The first-order valence-electron chi connectivity index (χ1n) is 8.18. The fourth-order valence-corrected chi connectivity index (χ4v) is 5.75. The summed E-state index contributed by atoms with van der Waals surface area (Å²) < 4.78 is 2.16. The molecule has 1 N–H and O–H groups in total. The quantitative estimate of drug-likeness (QED) is 0.609. The molecule has 0 amide bonds. The molecule has 27 heavy (non-hydrogen) atoms. The van der Waals surface area contributed by atoms with Gasteiger partial charge >= 0.3 is 0 Å². The highest BCUT2D eigenvalue weighted by atomic mass is 35.5. The van der Waals surface area contributed by atoms with Crippen LogP contribution in [0, 0.1) is 0 Å². The van der Waals surface area contributed by atoms with Crippen molar-refractivity contribution in [1.82, 2.24) is 19.7 Å². The van der Waals surface area contributed by atoms with Gasteiger partial charge in [-0.2, -0.15) is 0 Å². The van der Waals surface area contributed by atoms with Crippen molar-refractivity contribution in [1.29, 1.82) is 0 Å². The van der Waals surface area contributed by atoms with Gasteiger partial charge in [0.2, 0.25) is 5.13 Å². The molecule has 3 heterocycles. The second-order valence-electron chi connectivity index (χ2n) is 6.07. The van der Waals surface area contributed by atoms with E-state index in [4.69, 9.17) is 11.6 Å². The lowest BCUT2D eigenvalue weighted by Crippen LogP contribution is -2.20. The van der Waals surface area contributed by atoms with E-state index in [0.29, 0.717) is 31.6 Å². The Kier molecular flexibility index (Phi) is 5.56. The van der Waals surface area contributed by atoms with Crippen LogP contribution in [0.1, 0.15) is 23.4 Å². The molecule has 1 aliphatic heterocycles. The van der Waals surface area contributed by atoms with Crippen LogP contribution in [0.4, 0.5) is 0 Å². The van der Waals surface area contributed by atoms with Crippen LogP contribution in [0.5, 0.6) is 0 Å². The smallest absolute Gasteiger partial charge is 0.273 e. The third kappa shape index (κ3) is 4.07. The lowest BCUT2D eigenvalue weighted by molar-refractivity contribution is 0.220.